The van der Waals surface area contributed by atoms with Crippen LogP contribution in [0.5, 0.6) is 0 Å². The Morgan fingerprint density at radius 3 is 2.19 bits per heavy atom. The molecule has 0 fully saturated rings. The second kappa shape index (κ2) is 14.3. The molecule has 0 spiro atoms. The second-order valence-electron chi connectivity index (χ2n) is 9.88. The number of aliphatic hydroxyl groups excluding tert-OH is 2. The molecule has 0 bridgehead atoms. The van der Waals surface area contributed by atoms with Crippen LogP contribution in [0.3, 0.4) is 0 Å². The number of nitrogens with zero attached hydrogens (tertiary/aromatic N) is 2. The summed E-state index contributed by atoms with van der Waals surface area (Å²) >= 11 is 0. The Morgan fingerprint density at radius 1 is 1.00 bits per heavy atom. The monoisotopic (exact) mass is 608 g/mol. The summed E-state index contributed by atoms with van der Waals surface area (Å²) in [5, 5.41) is 27.7. The quantitative estimate of drug-likeness (QED) is 0.217. The lowest BCUT2D eigenvalue weighted by Crippen LogP contribution is -2.56. The van der Waals surface area contributed by atoms with Crippen molar-refractivity contribution in [1.82, 2.24) is 15.6 Å². The zero-order valence-corrected chi connectivity index (χ0v) is 24.1. The highest BCUT2D eigenvalue weighted by Gasteiger charge is 2.35. The largest absolute Gasteiger partial charge is 0.430 e. The van der Waals surface area contributed by atoms with Crippen molar-refractivity contribution in [2.75, 3.05) is 17.6 Å². The molecule has 0 aliphatic heterocycles. The minimum absolute atomic E-state index is 0.0696. The molecule has 14 heteroatoms. The molecule has 0 aliphatic carbocycles. The number of unbranched alkanes of at least 4 members (excludes halogenated alkanes) is 1. The maximum absolute atomic E-state index is 13.9. The van der Waals surface area contributed by atoms with Gasteiger partial charge in [0.25, 0.3) is 11.8 Å². The maximum atomic E-state index is 13.9. The van der Waals surface area contributed by atoms with Crippen molar-refractivity contribution in [3.8, 4) is 0 Å². The number of oxazole rings is 1. The van der Waals surface area contributed by atoms with Crippen LogP contribution >= 0.6 is 0 Å². The number of carbonyl (C=O) groups is 2. The number of amides is 2. The fraction of sp³-hybridized carbons (Fsp3) is 0.393. The van der Waals surface area contributed by atoms with E-state index in [9.17, 15) is 37.0 Å². The van der Waals surface area contributed by atoms with E-state index in [1.54, 1.807) is 30.3 Å². The van der Waals surface area contributed by atoms with Crippen molar-refractivity contribution in [2.24, 2.45) is 0 Å². The van der Waals surface area contributed by atoms with Gasteiger partial charge >= 0.3 is 6.01 Å². The number of benzene rings is 2. The summed E-state index contributed by atoms with van der Waals surface area (Å²) in [5.74, 6) is -3.17. The minimum atomic E-state index is -3.75. The Kier molecular flexibility index (Phi) is 11.1. The summed E-state index contributed by atoms with van der Waals surface area (Å²) < 4.78 is 57.3. The minimum Gasteiger partial charge on any atom is -0.430 e. The van der Waals surface area contributed by atoms with E-state index >= 15 is 0 Å². The first-order valence-corrected chi connectivity index (χ1v) is 15.0. The van der Waals surface area contributed by atoms with E-state index in [1.807, 2.05) is 6.92 Å². The molecule has 2 amide bonds. The number of halogens is 2. The first-order chi connectivity index (χ1) is 19.8. The topological polar surface area (TPSA) is 162 Å². The van der Waals surface area contributed by atoms with Crippen molar-refractivity contribution in [2.45, 2.75) is 56.9 Å². The summed E-state index contributed by atoms with van der Waals surface area (Å²) in [6.07, 6.45) is -0.259. The van der Waals surface area contributed by atoms with Gasteiger partial charge in [-0.3, -0.25) is 9.59 Å². The lowest BCUT2D eigenvalue weighted by molar-refractivity contribution is -0.0238. The van der Waals surface area contributed by atoms with Gasteiger partial charge in [0, 0.05) is 18.7 Å². The van der Waals surface area contributed by atoms with E-state index in [-0.39, 0.29) is 24.1 Å². The lowest BCUT2D eigenvalue weighted by Gasteiger charge is -2.33. The van der Waals surface area contributed by atoms with Crippen molar-refractivity contribution < 1.29 is 41.4 Å². The van der Waals surface area contributed by atoms with E-state index in [1.165, 1.54) is 7.05 Å². The number of rotatable bonds is 14. The van der Waals surface area contributed by atoms with E-state index < -0.39 is 63.8 Å². The number of sulfonamides is 1. The summed E-state index contributed by atoms with van der Waals surface area (Å²) in [5.41, 5.74) is 0.0549. The van der Waals surface area contributed by atoms with Crippen molar-refractivity contribution >= 4 is 27.9 Å². The van der Waals surface area contributed by atoms with E-state index in [4.69, 9.17) is 4.42 Å². The molecule has 3 aromatic rings. The number of hydrogen-bond donors (Lipinski definition) is 4. The summed E-state index contributed by atoms with van der Waals surface area (Å²) in [6, 6.07) is 8.29. The molecular formula is C28H34F2N4O7S. The zero-order chi connectivity index (χ0) is 31.0. The Balaban J connectivity index is 1.89. The molecular weight excluding hydrogens is 574 g/mol. The third-order valence-corrected chi connectivity index (χ3v) is 7.73. The average Bonchev–Trinajstić information content (AvgIpc) is 3.43. The molecule has 11 nitrogen and oxygen atoms in total. The van der Waals surface area contributed by atoms with E-state index in [0.29, 0.717) is 22.4 Å². The van der Waals surface area contributed by atoms with Crippen LogP contribution in [0.1, 0.15) is 52.6 Å². The molecule has 4 atom stereocenters. The lowest BCUT2D eigenvalue weighted by atomic mass is 9.91. The smallest absolute Gasteiger partial charge is 0.311 e. The molecule has 1 aromatic heterocycles. The van der Waals surface area contributed by atoms with Gasteiger partial charge in [-0.15, -0.1) is 0 Å². The van der Waals surface area contributed by atoms with Crippen LogP contribution < -0.4 is 14.9 Å². The van der Waals surface area contributed by atoms with Gasteiger partial charge in [-0.2, -0.15) is 4.98 Å². The molecule has 3 rings (SSSR count). The van der Waals surface area contributed by atoms with Crippen LogP contribution in [0.4, 0.5) is 14.8 Å². The molecule has 4 N–H and O–H groups in total. The molecule has 228 valence electrons. The molecule has 1 heterocycles. The number of aromatic nitrogens is 1. The van der Waals surface area contributed by atoms with Gasteiger partial charge < -0.3 is 25.3 Å². The van der Waals surface area contributed by atoms with Crippen molar-refractivity contribution in [1.29, 1.82) is 0 Å². The SMILES string of the molecule is CCCCC(NC(=O)c1ccccc1)C(O)C(O)C(Cc1cc(F)cc(F)c1)NC(=O)c1coc(N(C)S(C)(=O)=O)n1. The Bertz CT molecular complexity index is 1450. The van der Waals surface area contributed by atoms with Crippen LogP contribution in [0.25, 0.3) is 0 Å². The Labute approximate surface area is 242 Å². The normalized spacial score (nSPS) is 14.5. The molecule has 42 heavy (non-hydrogen) atoms. The van der Waals surface area contributed by atoms with Gasteiger partial charge in [0.05, 0.1) is 18.3 Å². The highest BCUT2D eigenvalue weighted by atomic mass is 32.2. The molecule has 0 aliphatic rings. The summed E-state index contributed by atoms with van der Waals surface area (Å²) in [4.78, 5) is 29.8. The van der Waals surface area contributed by atoms with Crippen LogP contribution in [0.15, 0.2) is 59.2 Å². The summed E-state index contributed by atoms with van der Waals surface area (Å²) in [6.45, 7) is 1.91. The number of carbonyl (C=O) groups excluding carboxylic acids is 2. The van der Waals surface area contributed by atoms with Gasteiger partial charge in [0.1, 0.15) is 30.1 Å². The first-order valence-electron chi connectivity index (χ1n) is 13.2. The predicted octanol–water partition coefficient (Wildman–Crippen LogP) is 2.40. The Hall–Kier alpha value is -3.88. The van der Waals surface area contributed by atoms with Crippen LogP contribution in [0.2, 0.25) is 0 Å². The zero-order valence-electron chi connectivity index (χ0n) is 23.3. The van der Waals surface area contributed by atoms with Crippen LogP contribution in [0, 0.1) is 11.6 Å². The van der Waals surface area contributed by atoms with Gasteiger partial charge in [-0.05, 0) is 42.7 Å². The fourth-order valence-electron chi connectivity index (χ4n) is 4.21. The Morgan fingerprint density at radius 2 is 1.60 bits per heavy atom. The predicted molar refractivity (Wildman–Crippen MR) is 150 cm³/mol. The van der Waals surface area contributed by atoms with Crippen LogP contribution in [-0.4, -0.2) is 73.0 Å². The molecule has 2 aromatic carbocycles. The third-order valence-electron chi connectivity index (χ3n) is 6.58. The molecule has 4 unspecified atom stereocenters. The van der Waals surface area contributed by atoms with Crippen molar-refractivity contribution in [3.63, 3.8) is 0 Å². The van der Waals surface area contributed by atoms with Gasteiger partial charge in [0.15, 0.2) is 5.69 Å². The second-order valence-corrected chi connectivity index (χ2v) is 11.9. The van der Waals surface area contributed by atoms with Crippen molar-refractivity contribution in [3.05, 3.63) is 83.2 Å². The fourth-order valence-corrected chi connectivity index (χ4v) is 4.57. The highest BCUT2D eigenvalue weighted by molar-refractivity contribution is 7.92. The molecule has 0 radical (unpaired) electrons. The number of aliphatic hydroxyl groups is 2. The standard InChI is InChI=1S/C28H34F2N4O7S/c1-4-5-11-21(31-26(37)18-9-7-6-8-10-18)24(35)25(36)22(14-17-12-19(29)15-20(30)13-17)32-27(38)23-16-41-28(33-23)34(2)42(3,39)40/h6-10,12-13,15-16,21-22,24-25,35-36H,4-5,11,14H2,1-3H3,(H,31,37)(H,32,38). The maximum Gasteiger partial charge on any atom is 0.311 e. The first kappa shape index (κ1) is 32.6. The van der Waals surface area contributed by atoms with Gasteiger partial charge in [0.2, 0.25) is 10.0 Å². The highest BCUT2D eigenvalue weighted by Crippen LogP contribution is 2.19. The van der Waals surface area contributed by atoms with Gasteiger partial charge in [-0.25, -0.2) is 21.5 Å². The van der Waals surface area contributed by atoms with Crippen LogP contribution in [-0.2, 0) is 16.4 Å². The van der Waals surface area contributed by atoms with E-state index in [0.717, 1.165) is 31.1 Å². The average molecular weight is 609 g/mol. The molecule has 0 saturated carbocycles. The molecule has 0 saturated heterocycles. The van der Waals surface area contributed by atoms with E-state index in [2.05, 4.69) is 15.6 Å². The van der Waals surface area contributed by atoms with Gasteiger partial charge in [-0.1, -0.05) is 38.0 Å². The number of nitrogens with one attached hydrogen (secondary N) is 2. The number of anilines is 1. The summed E-state index contributed by atoms with van der Waals surface area (Å²) in [7, 11) is -2.57. The number of hydrogen-bond acceptors (Lipinski definition) is 8. The third kappa shape index (κ3) is 8.81.